The first-order chi connectivity index (χ1) is 9.26. The van der Waals surface area contributed by atoms with Gasteiger partial charge in [-0.05, 0) is 57.0 Å². The lowest BCUT2D eigenvalue weighted by Gasteiger charge is -2.44. The maximum Gasteiger partial charge on any atom is 0.0501 e. The van der Waals surface area contributed by atoms with E-state index in [1.807, 2.05) is 0 Å². The minimum absolute atomic E-state index is 0.123. The zero-order valence-electron chi connectivity index (χ0n) is 12.2. The van der Waals surface area contributed by atoms with E-state index in [1.54, 1.807) is 0 Å². The van der Waals surface area contributed by atoms with Crippen LogP contribution in [0.5, 0.6) is 0 Å². The van der Waals surface area contributed by atoms with Crippen molar-refractivity contribution in [2.24, 2.45) is 10.8 Å². The van der Waals surface area contributed by atoms with Gasteiger partial charge in [0.2, 0.25) is 0 Å². The Labute approximate surface area is 117 Å². The SMILES string of the molecule is OCC1(CN2CCC3(CCCC3)CC2)CCOCC1. The third-order valence-electron chi connectivity index (χ3n) is 6.03. The highest BCUT2D eigenvalue weighted by atomic mass is 16.5. The van der Waals surface area contributed by atoms with Gasteiger partial charge in [-0.15, -0.1) is 0 Å². The average molecular weight is 267 g/mol. The lowest BCUT2D eigenvalue weighted by atomic mass is 9.75. The molecule has 3 aliphatic rings. The van der Waals surface area contributed by atoms with Crippen LogP contribution in [-0.4, -0.2) is 49.5 Å². The van der Waals surface area contributed by atoms with Crippen LogP contribution in [0.2, 0.25) is 0 Å². The topological polar surface area (TPSA) is 32.7 Å². The summed E-state index contributed by atoms with van der Waals surface area (Å²) in [5.41, 5.74) is 0.830. The number of aliphatic hydroxyl groups excluding tert-OH is 1. The Balaban J connectivity index is 1.53. The lowest BCUT2D eigenvalue weighted by Crippen LogP contribution is -2.48. The highest BCUT2D eigenvalue weighted by molar-refractivity contribution is 4.92. The molecule has 0 aromatic rings. The first-order valence-electron chi connectivity index (χ1n) is 8.17. The molecule has 110 valence electrons. The standard InChI is InChI=1S/C16H29NO2/c18-14-16(7-11-19-12-8-16)13-17-9-5-15(6-10-17)3-1-2-4-15/h18H,1-14H2. The van der Waals surface area contributed by atoms with Gasteiger partial charge in [0.1, 0.15) is 0 Å². The van der Waals surface area contributed by atoms with Gasteiger partial charge < -0.3 is 14.7 Å². The van der Waals surface area contributed by atoms with Crippen molar-refractivity contribution in [2.75, 3.05) is 39.5 Å². The largest absolute Gasteiger partial charge is 0.396 e. The highest BCUT2D eigenvalue weighted by Crippen LogP contribution is 2.46. The average Bonchev–Trinajstić information content (AvgIpc) is 2.91. The van der Waals surface area contributed by atoms with Crippen LogP contribution in [0, 0.1) is 10.8 Å². The number of hydrogen-bond acceptors (Lipinski definition) is 3. The maximum atomic E-state index is 9.79. The molecular formula is C16H29NO2. The molecule has 1 aliphatic carbocycles. The van der Waals surface area contributed by atoms with Crippen molar-refractivity contribution in [1.82, 2.24) is 4.90 Å². The summed E-state index contributed by atoms with van der Waals surface area (Å²) in [6, 6.07) is 0. The maximum absolute atomic E-state index is 9.79. The van der Waals surface area contributed by atoms with Gasteiger partial charge in [-0.2, -0.15) is 0 Å². The van der Waals surface area contributed by atoms with Gasteiger partial charge in [0, 0.05) is 25.2 Å². The van der Waals surface area contributed by atoms with Gasteiger partial charge in [-0.3, -0.25) is 0 Å². The zero-order chi connectivity index (χ0) is 13.2. The second-order valence-electron chi connectivity index (χ2n) is 7.25. The molecule has 0 aromatic carbocycles. The van der Waals surface area contributed by atoms with Crippen LogP contribution in [-0.2, 0) is 4.74 Å². The summed E-state index contributed by atoms with van der Waals surface area (Å²) in [6.45, 7) is 5.59. The zero-order valence-corrected chi connectivity index (χ0v) is 12.2. The molecule has 0 amide bonds. The van der Waals surface area contributed by atoms with Gasteiger partial charge in [0.15, 0.2) is 0 Å². The molecule has 0 atom stereocenters. The smallest absolute Gasteiger partial charge is 0.0501 e. The summed E-state index contributed by atoms with van der Waals surface area (Å²) in [4.78, 5) is 2.62. The molecule has 3 nitrogen and oxygen atoms in total. The minimum Gasteiger partial charge on any atom is -0.396 e. The molecule has 2 saturated heterocycles. The second kappa shape index (κ2) is 5.71. The van der Waals surface area contributed by atoms with Gasteiger partial charge in [-0.1, -0.05) is 12.8 Å². The fourth-order valence-corrected chi connectivity index (χ4v) is 4.46. The molecule has 0 bridgehead atoms. The number of nitrogens with zero attached hydrogens (tertiary/aromatic N) is 1. The van der Waals surface area contributed by atoms with E-state index in [1.165, 1.54) is 51.6 Å². The van der Waals surface area contributed by atoms with Crippen molar-refractivity contribution in [3.05, 3.63) is 0 Å². The Morgan fingerprint density at radius 3 is 2.11 bits per heavy atom. The predicted molar refractivity (Wildman–Crippen MR) is 76.1 cm³/mol. The number of piperidine rings is 1. The van der Waals surface area contributed by atoms with E-state index in [2.05, 4.69) is 4.90 Å². The first kappa shape index (κ1) is 13.8. The monoisotopic (exact) mass is 267 g/mol. The Morgan fingerprint density at radius 2 is 1.53 bits per heavy atom. The summed E-state index contributed by atoms with van der Waals surface area (Å²) < 4.78 is 5.46. The Hall–Kier alpha value is -0.120. The van der Waals surface area contributed by atoms with Crippen molar-refractivity contribution in [3.63, 3.8) is 0 Å². The fourth-order valence-electron chi connectivity index (χ4n) is 4.46. The predicted octanol–water partition coefficient (Wildman–Crippen LogP) is 2.43. The van der Waals surface area contributed by atoms with Crippen LogP contribution < -0.4 is 0 Å². The van der Waals surface area contributed by atoms with Crippen LogP contribution in [0.25, 0.3) is 0 Å². The summed E-state index contributed by atoms with van der Waals surface area (Å²) in [5, 5.41) is 9.79. The van der Waals surface area contributed by atoms with Crippen molar-refractivity contribution in [1.29, 1.82) is 0 Å². The van der Waals surface area contributed by atoms with Crippen LogP contribution >= 0.6 is 0 Å². The summed E-state index contributed by atoms with van der Waals surface area (Å²) in [7, 11) is 0. The molecule has 0 unspecified atom stereocenters. The van der Waals surface area contributed by atoms with Gasteiger partial charge in [0.05, 0.1) is 6.61 Å². The van der Waals surface area contributed by atoms with Crippen LogP contribution in [0.1, 0.15) is 51.4 Å². The molecule has 19 heavy (non-hydrogen) atoms. The fraction of sp³-hybridized carbons (Fsp3) is 1.00. The van der Waals surface area contributed by atoms with Crippen molar-refractivity contribution >= 4 is 0 Å². The summed E-state index contributed by atoms with van der Waals surface area (Å²) >= 11 is 0. The van der Waals surface area contributed by atoms with E-state index >= 15 is 0 Å². The highest BCUT2D eigenvalue weighted by Gasteiger charge is 2.40. The number of hydrogen-bond donors (Lipinski definition) is 1. The quantitative estimate of drug-likeness (QED) is 0.852. The number of aliphatic hydroxyl groups is 1. The Bertz CT molecular complexity index is 283. The van der Waals surface area contributed by atoms with E-state index in [0.717, 1.165) is 32.6 Å². The minimum atomic E-state index is 0.123. The van der Waals surface area contributed by atoms with Crippen molar-refractivity contribution in [3.8, 4) is 0 Å². The normalized spacial score (nSPS) is 30.8. The van der Waals surface area contributed by atoms with Gasteiger partial charge in [-0.25, -0.2) is 0 Å². The molecule has 2 heterocycles. The van der Waals surface area contributed by atoms with Crippen molar-refractivity contribution in [2.45, 2.75) is 51.4 Å². The molecular weight excluding hydrogens is 238 g/mol. The first-order valence-corrected chi connectivity index (χ1v) is 8.17. The van der Waals surface area contributed by atoms with Crippen LogP contribution in [0.15, 0.2) is 0 Å². The molecule has 1 N–H and O–H groups in total. The van der Waals surface area contributed by atoms with E-state index in [0.29, 0.717) is 12.0 Å². The number of likely N-dealkylation sites (tertiary alicyclic amines) is 1. The molecule has 0 radical (unpaired) electrons. The molecule has 3 heteroatoms. The second-order valence-corrected chi connectivity index (χ2v) is 7.25. The van der Waals surface area contributed by atoms with Gasteiger partial charge in [0.25, 0.3) is 0 Å². The van der Waals surface area contributed by atoms with Crippen molar-refractivity contribution < 1.29 is 9.84 Å². The van der Waals surface area contributed by atoms with E-state index < -0.39 is 0 Å². The van der Waals surface area contributed by atoms with Gasteiger partial charge >= 0.3 is 0 Å². The van der Waals surface area contributed by atoms with Crippen LogP contribution in [0.3, 0.4) is 0 Å². The molecule has 0 aromatic heterocycles. The number of rotatable bonds is 3. The lowest BCUT2D eigenvalue weighted by molar-refractivity contribution is -0.0427. The van der Waals surface area contributed by atoms with E-state index in [9.17, 15) is 5.11 Å². The number of ether oxygens (including phenoxy) is 1. The summed E-state index contributed by atoms with van der Waals surface area (Å²) in [6.07, 6.45) is 10.7. The molecule has 3 rings (SSSR count). The van der Waals surface area contributed by atoms with E-state index in [4.69, 9.17) is 4.74 Å². The summed E-state index contributed by atoms with van der Waals surface area (Å²) in [5.74, 6) is 0. The van der Waals surface area contributed by atoms with E-state index in [-0.39, 0.29) is 5.41 Å². The third-order valence-corrected chi connectivity index (χ3v) is 6.03. The molecule has 3 fully saturated rings. The molecule has 1 spiro atoms. The molecule has 2 aliphatic heterocycles. The molecule has 1 saturated carbocycles. The third kappa shape index (κ3) is 2.98. The Morgan fingerprint density at radius 1 is 0.895 bits per heavy atom. The van der Waals surface area contributed by atoms with Crippen LogP contribution in [0.4, 0.5) is 0 Å². The Kier molecular flexibility index (Phi) is 4.16.